The van der Waals surface area contributed by atoms with Crippen LogP contribution in [0.2, 0.25) is 0 Å². The Hall–Kier alpha value is -1.13. The zero-order valence-corrected chi connectivity index (χ0v) is 11.0. The Morgan fingerprint density at radius 2 is 1.94 bits per heavy atom. The highest BCUT2D eigenvalue weighted by Gasteiger charge is 2.33. The van der Waals surface area contributed by atoms with Gasteiger partial charge in [-0.15, -0.1) is 0 Å². The average molecular weight is 259 g/mol. The lowest BCUT2D eigenvalue weighted by molar-refractivity contribution is 0.378. The van der Waals surface area contributed by atoms with E-state index in [0.717, 1.165) is 22.7 Å². The number of fused-ring (bicyclic) bond motifs is 3. The van der Waals surface area contributed by atoms with E-state index >= 15 is 0 Å². The minimum atomic E-state index is 0.601. The van der Waals surface area contributed by atoms with E-state index in [4.69, 9.17) is 0 Å². The summed E-state index contributed by atoms with van der Waals surface area (Å²) in [5.41, 5.74) is 1.11. The van der Waals surface area contributed by atoms with Crippen LogP contribution in [0.25, 0.3) is 10.2 Å². The normalized spacial score (nSPS) is 30.8. The first-order valence-electron chi connectivity index (χ1n) is 6.75. The van der Waals surface area contributed by atoms with Crippen molar-refractivity contribution in [2.75, 3.05) is 5.32 Å². The third kappa shape index (κ3) is 1.89. The maximum Gasteiger partial charge on any atom is 0.184 e. The van der Waals surface area contributed by atoms with Crippen LogP contribution in [-0.4, -0.2) is 23.1 Å². The zero-order valence-electron chi connectivity index (χ0n) is 10.2. The Bertz CT molecular complexity index is 520. The van der Waals surface area contributed by atoms with Gasteiger partial charge in [-0.25, -0.2) is 4.98 Å². The Balaban J connectivity index is 1.54. The van der Waals surface area contributed by atoms with Crippen LogP contribution >= 0.6 is 11.3 Å². The minimum absolute atomic E-state index is 0.601. The molecule has 0 aliphatic carbocycles. The molecule has 2 aliphatic rings. The van der Waals surface area contributed by atoms with Gasteiger partial charge >= 0.3 is 0 Å². The van der Waals surface area contributed by atoms with Crippen LogP contribution in [0, 0.1) is 0 Å². The molecule has 94 valence electrons. The number of nitrogens with zero attached hydrogens (tertiary/aromatic N) is 1. The maximum absolute atomic E-state index is 4.66. The van der Waals surface area contributed by atoms with Gasteiger partial charge in [-0.05, 0) is 37.8 Å². The lowest BCUT2D eigenvalue weighted by Gasteiger charge is -2.29. The Kier molecular flexibility index (Phi) is 2.52. The number of thiazole rings is 1. The molecule has 4 rings (SSSR count). The number of benzene rings is 1. The smallest absolute Gasteiger partial charge is 0.184 e. The maximum atomic E-state index is 4.66. The van der Waals surface area contributed by atoms with Crippen LogP contribution in [0.3, 0.4) is 0 Å². The summed E-state index contributed by atoms with van der Waals surface area (Å²) in [6.07, 6.45) is 5.18. The summed E-state index contributed by atoms with van der Waals surface area (Å²) in [6.45, 7) is 0. The fraction of sp³-hybridized carbons (Fsp3) is 0.500. The van der Waals surface area contributed by atoms with Crippen molar-refractivity contribution in [3.8, 4) is 0 Å². The fourth-order valence-electron chi connectivity index (χ4n) is 3.28. The summed E-state index contributed by atoms with van der Waals surface area (Å²) in [5, 5.41) is 8.40. The first kappa shape index (κ1) is 10.8. The molecule has 0 spiro atoms. The summed E-state index contributed by atoms with van der Waals surface area (Å²) < 4.78 is 1.27. The van der Waals surface area contributed by atoms with Crippen molar-refractivity contribution in [2.24, 2.45) is 0 Å². The third-order valence-corrected chi connectivity index (χ3v) is 5.06. The second kappa shape index (κ2) is 4.21. The van der Waals surface area contributed by atoms with Gasteiger partial charge in [0.25, 0.3) is 0 Å². The van der Waals surface area contributed by atoms with Gasteiger partial charge in [0, 0.05) is 18.1 Å². The summed E-state index contributed by atoms with van der Waals surface area (Å²) in [7, 11) is 0. The number of aromatic nitrogens is 1. The summed E-state index contributed by atoms with van der Waals surface area (Å²) in [5.74, 6) is 0. The highest BCUT2D eigenvalue weighted by atomic mass is 32.1. The molecule has 18 heavy (non-hydrogen) atoms. The van der Waals surface area contributed by atoms with Gasteiger partial charge in [0.15, 0.2) is 5.13 Å². The first-order valence-corrected chi connectivity index (χ1v) is 7.56. The van der Waals surface area contributed by atoms with Crippen molar-refractivity contribution in [3.63, 3.8) is 0 Å². The number of hydrogen-bond acceptors (Lipinski definition) is 4. The van der Waals surface area contributed by atoms with Crippen LogP contribution < -0.4 is 10.6 Å². The molecule has 2 aromatic rings. The van der Waals surface area contributed by atoms with E-state index in [1.165, 1.54) is 30.4 Å². The third-order valence-electron chi connectivity index (χ3n) is 4.09. The lowest BCUT2D eigenvalue weighted by atomic mass is 10.0. The number of rotatable bonds is 2. The predicted molar refractivity (Wildman–Crippen MR) is 76.2 cm³/mol. The molecule has 2 atom stereocenters. The van der Waals surface area contributed by atoms with Crippen LogP contribution in [-0.2, 0) is 0 Å². The Morgan fingerprint density at radius 3 is 2.72 bits per heavy atom. The second-order valence-electron chi connectivity index (χ2n) is 5.44. The quantitative estimate of drug-likeness (QED) is 0.870. The van der Waals surface area contributed by atoms with E-state index in [2.05, 4.69) is 39.9 Å². The van der Waals surface area contributed by atoms with Crippen molar-refractivity contribution in [1.82, 2.24) is 10.3 Å². The topological polar surface area (TPSA) is 37.0 Å². The van der Waals surface area contributed by atoms with Gasteiger partial charge in [-0.3, -0.25) is 0 Å². The van der Waals surface area contributed by atoms with Gasteiger partial charge in [0.1, 0.15) is 0 Å². The molecular formula is C14H17N3S. The van der Waals surface area contributed by atoms with Gasteiger partial charge in [-0.2, -0.15) is 0 Å². The molecule has 2 N–H and O–H groups in total. The van der Waals surface area contributed by atoms with E-state index in [-0.39, 0.29) is 0 Å². The highest BCUT2D eigenvalue weighted by molar-refractivity contribution is 7.22. The van der Waals surface area contributed by atoms with Crippen molar-refractivity contribution < 1.29 is 0 Å². The average Bonchev–Trinajstić information content (AvgIpc) is 2.92. The second-order valence-corrected chi connectivity index (χ2v) is 6.47. The molecule has 2 aliphatic heterocycles. The molecule has 0 saturated carbocycles. The van der Waals surface area contributed by atoms with Crippen LogP contribution in [0.5, 0.6) is 0 Å². The number of anilines is 1. The number of piperidine rings is 1. The van der Waals surface area contributed by atoms with E-state index < -0.39 is 0 Å². The van der Waals surface area contributed by atoms with E-state index in [9.17, 15) is 0 Å². The molecule has 0 radical (unpaired) electrons. The largest absolute Gasteiger partial charge is 0.359 e. The lowest BCUT2D eigenvalue weighted by Crippen LogP contribution is -2.43. The molecule has 2 fully saturated rings. The van der Waals surface area contributed by atoms with Crippen molar-refractivity contribution in [3.05, 3.63) is 24.3 Å². The number of nitrogens with one attached hydrogen (secondary N) is 2. The zero-order chi connectivity index (χ0) is 11.9. The van der Waals surface area contributed by atoms with E-state index in [0.29, 0.717) is 6.04 Å². The SMILES string of the molecule is c1ccc2sc(NC3CC4CCC(C3)N4)nc2c1. The first-order chi connectivity index (χ1) is 8.87. The predicted octanol–water partition coefficient (Wildman–Crippen LogP) is 2.99. The Labute approximate surface area is 111 Å². The Morgan fingerprint density at radius 1 is 1.17 bits per heavy atom. The number of para-hydroxylation sites is 1. The van der Waals surface area contributed by atoms with Crippen molar-refractivity contribution in [2.45, 2.75) is 43.8 Å². The van der Waals surface area contributed by atoms with Crippen LogP contribution in [0.15, 0.2) is 24.3 Å². The number of hydrogen-bond donors (Lipinski definition) is 2. The monoisotopic (exact) mass is 259 g/mol. The minimum Gasteiger partial charge on any atom is -0.359 e. The standard InChI is InChI=1S/C14H17N3S/c1-2-4-13-12(3-1)17-14(18-13)16-11-7-9-5-6-10(8-11)15-9/h1-4,9-11,15H,5-8H2,(H,16,17). The fourth-order valence-corrected chi connectivity index (χ4v) is 4.23. The summed E-state index contributed by atoms with van der Waals surface area (Å²) in [4.78, 5) is 4.66. The van der Waals surface area contributed by atoms with E-state index in [1.807, 2.05) is 0 Å². The molecule has 1 aromatic heterocycles. The molecule has 3 nitrogen and oxygen atoms in total. The molecule has 0 amide bonds. The van der Waals surface area contributed by atoms with Gasteiger partial charge in [0.05, 0.1) is 10.2 Å². The summed E-state index contributed by atoms with van der Waals surface area (Å²) in [6, 6.07) is 10.4. The summed E-state index contributed by atoms with van der Waals surface area (Å²) >= 11 is 1.77. The van der Waals surface area contributed by atoms with Gasteiger partial charge in [-0.1, -0.05) is 23.5 Å². The highest BCUT2D eigenvalue weighted by Crippen LogP contribution is 2.31. The van der Waals surface area contributed by atoms with Crippen molar-refractivity contribution in [1.29, 1.82) is 0 Å². The molecule has 4 heteroatoms. The van der Waals surface area contributed by atoms with Gasteiger partial charge < -0.3 is 10.6 Å². The van der Waals surface area contributed by atoms with Crippen LogP contribution in [0.4, 0.5) is 5.13 Å². The van der Waals surface area contributed by atoms with Gasteiger partial charge in [0.2, 0.25) is 0 Å². The van der Waals surface area contributed by atoms with Crippen LogP contribution in [0.1, 0.15) is 25.7 Å². The molecule has 2 bridgehead atoms. The molecule has 2 saturated heterocycles. The molecule has 1 aromatic carbocycles. The van der Waals surface area contributed by atoms with Crippen molar-refractivity contribution >= 4 is 26.7 Å². The molecule has 3 heterocycles. The molecular weight excluding hydrogens is 242 g/mol. The van der Waals surface area contributed by atoms with E-state index in [1.54, 1.807) is 11.3 Å². The molecule has 2 unspecified atom stereocenters.